The summed E-state index contributed by atoms with van der Waals surface area (Å²) < 4.78 is 45.9. The molecule has 3 heterocycles. The van der Waals surface area contributed by atoms with E-state index < -0.39 is 60.9 Å². The van der Waals surface area contributed by atoms with Crippen molar-refractivity contribution in [2.75, 3.05) is 31.0 Å². The van der Waals surface area contributed by atoms with E-state index >= 15 is 8.42 Å². The van der Waals surface area contributed by atoms with Gasteiger partial charge in [-0.25, -0.2) is 0 Å². The maximum atomic E-state index is 15.3. The lowest BCUT2D eigenvalue weighted by Crippen LogP contribution is -2.76. The van der Waals surface area contributed by atoms with Gasteiger partial charge in [0, 0.05) is 35.4 Å². The van der Waals surface area contributed by atoms with Crippen molar-refractivity contribution in [1.82, 2.24) is 4.98 Å². The van der Waals surface area contributed by atoms with Crippen LogP contribution in [0.25, 0.3) is 0 Å². The highest BCUT2D eigenvalue weighted by molar-refractivity contribution is 7.86. The molecule has 0 radical (unpaired) electrons. The zero-order valence-corrected chi connectivity index (χ0v) is 28.7. The van der Waals surface area contributed by atoms with Crippen LogP contribution in [0.4, 0.5) is 16.2 Å². The summed E-state index contributed by atoms with van der Waals surface area (Å²) >= 11 is 7.21. The molecule has 12 nitrogen and oxygen atoms in total. The minimum Gasteiger partial charge on any atom is -0.497 e. The molecule has 3 aromatic carbocycles. The summed E-state index contributed by atoms with van der Waals surface area (Å²) in [5, 5.41) is 16.8. The van der Waals surface area contributed by atoms with Crippen molar-refractivity contribution in [3.8, 4) is 17.2 Å². The Labute approximate surface area is 289 Å². The molecule has 0 saturated carbocycles. The van der Waals surface area contributed by atoms with Gasteiger partial charge >= 0.3 is 10.0 Å². The van der Waals surface area contributed by atoms with Crippen molar-refractivity contribution in [2.45, 2.75) is 48.3 Å². The highest BCUT2D eigenvalue weighted by Gasteiger charge is 2.66. The molecule has 0 aliphatic carbocycles. The fraction of sp³-hybridized carbons (Fsp3) is 0.286. The summed E-state index contributed by atoms with van der Waals surface area (Å²) in [4.78, 5) is 33.6. The Morgan fingerprint density at radius 2 is 1.65 bits per heavy atom. The summed E-state index contributed by atoms with van der Waals surface area (Å²) in [5.41, 5.74) is 0.524. The zero-order chi connectivity index (χ0) is 35.1. The van der Waals surface area contributed by atoms with Crippen LogP contribution >= 0.6 is 11.6 Å². The number of aromatic nitrogens is 1. The summed E-state index contributed by atoms with van der Waals surface area (Å²) in [6.45, 7) is 2.95. The largest absolute Gasteiger partial charge is 0.497 e. The van der Waals surface area contributed by atoms with E-state index in [2.05, 4.69) is 10.3 Å². The first-order valence-electron chi connectivity index (χ1n) is 15.5. The van der Waals surface area contributed by atoms with Gasteiger partial charge in [0.05, 0.1) is 20.3 Å². The van der Waals surface area contributed by atoms with E-state index in [1.54, 1.807) is 78.0 Å². The van der Waals surface area contributed by atoms with Gasteiger partial charge in [0.1, 0.15) is 35.8 Å². The lowest BCUT2D eigenvalue weighted by atomic mass is 9.81. The van der Waals surface area contributed by atoms with Gasteiger partial charge in [-0.3, -0.25) is 9.78 Å². The van der Waals surface area contributed by atoms with Crippen LogP contribution in [-0.2, 0) is 14.8 Å². The van der Waals surface area contributed by atoms with Crippen molar-refractivity contribution in [2.24, 2.45) is 0 Å². The van der Waals surface area contributed by atoms with E-state index in [-0.39, 0.29) is 17.6 Å². The number of nitrogens with zero attached hydrogens (tertiary/aromatic N) is 3. The van der Waals surface area contributed by atoms with Crippen LogP contribution in [0.2, 0.25) is 0 Å². The van der Waals surface area contributed by atoms with Gasteiger partial charge in [0.25, 0.3) is 6.09 Å². The molecule has 5 atom stereocenters. The third kappa shape index (κ3) is 5.61. The predicted molar refractivity (Wildman–Crippen MR) is 180 cm³/mol. The second-order valence-corrected chi connectivity index (χ2v) is 14.5. The molecule has 6 rings (SSSR count). The second kappa shape index (κ2) is 13.2. The minimum absolute atomic E-state index is 0.157. The number of halogens is 1. The first-order valence-corrected chi connectivity index (χ1v) is 17.4. The summed E-state index contributed by atoms with van der Waals surface area (Å²) in [5.74, 6) is -1.41. The lowest BCUT2D eigenvalue weighted by Gasteiger charge is -2.55. The number of fused-ring (bicyclic) bond motifs is 1. The van der Waals surface area contributed by atoms with E-state index in [1.165, 1.54) is 32.4 Å². The SMILES string of the molecule is COc1ccc(S(=O)(=O)[N+]2(C(=O)[O-])CC(Cl)N(c3ccncc3)C(c3ccccc3OC(C)C)C2C2C(=O)Nc3ccccc32)c(OC)c1. The van der Waals surface area contributed by atoms with Gasteiger partial charge in [-0.05, 0) is 55.8 Å². The molecule has 4 aromatic rings. The smallest absolute Gasteiger partial charge is 0.337 e. The molecule has 1 saturated heterocycles. The number of ether oxygens (including phenoxy) is 3. The highest BCUT2D eigenvalue weighted by atomic mass is 35.5. The molecule has 2 aliphatic heterocycles. The fourth-order valence-corrected chi connectivity index (χ4v) is 9.58. The molecule has 256 valence electrons. The van der Waals surface area contributed by atoms with E-state index in [0.717, 1.165) is 0 Å². The Morgan fingerprint density at radius 3 is 2.31 bits per heavy atom. The van der Waals surface area contributed by atoms with Crippen molar-refractivity contribution in [1.29, 1.82) is 0 Å². The zero-order valence-electron chi connectivity index (χ0n) is 27.1. The monoisotopic (exact) mass is 706 g/mol. The number of hydrogen-bond acceptors (Lipinski definition) is 10. The number of alkyl halides is 1. The number of hydrogen-bond donors (Lipinski definition) is 1. The molecule has 2 amide bonds. The predicted octanol–water partition coefficient (Wildman–Crippen LogP) is 4.67. The third-order valence-electron chi connectivity index (χ3n) is 8.95. The number of amides is 2. The van der Waals surface area contributed by atoms with Crippen LogP contribution in [0.1, 0.15) is 36.9 Å². The molecule has 1 N–H and O–H groups in total. The van der Waals surface area contributed by atoms with Crippen LogP contribution < -0.4 is 29.5 Å². The topological polar surface area (TPSA) is 147 Å². The number of nitrogens with one attached hydrogen (secondary N) is 1. The van der Waals surface area contributed by atoms with Crippen molar-refractivity contribution in [3.63, 3.8) is 0 Å². The number of quaternary nitrogens is 1. The molecule has 49 heavy (non-hydrogen) atoms. The average molecular weight is 707 g/mol. The molecule has 0 spiro atoms. The Balaban J connectivity index is 1.74. The standard InChI is InChI=1S/C35H35ClN4O8S/c1-21(2)48-27-12-8-6-10-25(27)32-33(31-24-9-5-7-11-26(24)38-34(31)41)40(35(42)43,20-30(36)39(32)22-15-17-37-18-16-22)49(44,45)29-14-13-23(46-3)19-28(29)47-4/h5-19,21,30-33H,20H2,1-4H3,(H-,38,41,42,43). The number of benzene rings is 3. The number of carbonyl (C=O) groups excluding carboxylic acids is 2. The number of piperazine rings is 1. The van der Waals surface area contributed by atoms with Crippen LogP contribution in [0.15, 0.2) is 96.2 Å². The van der Waals surface area contributed by atoms with Crippen LogP contribution in [-0.4, -0.2) is 67.7 Å². The van der Waals surface area contributed by atoms with Gasteiger partial charge in [-0.1, -0.05) is 48.0 Å². The number of para-hydroxylation sites is 2. The van der Waals surface area contributed by atoms with Crippen LogP contribution in [0, 0.1) is 0 Å². The first-order chi connectivity index (χ1) is 23.5. The van der Waals surface area contributed by atoms with Gasteiger partial charge < -0.3 is 34.3 Å². The third-order valence-corrected chi connectivity index (χ3v) is 11.6. The number of methoxy groups -OCH3 is 2. The molecule has 1 fully saturated rings. The summed E-state index contributed by atoms with van der Waals surface area (Å²) in [6.07, 6.45) is 0.820. The van der Waals surface area contributed by atoms with Crippen LogP contribution in [0.3, 0.4) is 0 Å². The minimum atomic E-state index is -5.07. The van der Waals surface area contributed by atoms with Crippen molar-refractivity contribution >= 4 is 45.0 Å². The maximum absolute atomic E-state index is 15.3. The van der Waals surface area contributed by atoms with Crippen molar-refractivity contribution in [3.05, 3.63) is 102 Å². The number of carbonyl (C=O) groups is 2. The van der Waals surface area contributed by atoms with Crippen molar-refractivity contribution < 1.29 is 41.2 Å². The fourth-order valence-electron chi connectivity index (χ4n) is 6.97. The Kier molecular flexibility index (Phi) is 9.18. The Bertz CT molecular complexity index is 2000. The number of sulfonamides is 1. The maximum Gasteiger partial charge on any atom is 0.337 e. The number of rotatable bonds is 9. The van der Waals surface area contributed by atoms with Gasteiger partial charge in [-0.15, -0.1) is 0 Å². The van der Waals surface area contributed by atoms with E-state index in [0.29, 0.717) is 28.3 Å². The highest BCUT2D eigenvalue weighted by Crippen LogP contribution is 2.54. The van der Waals surface area contributed by atoms with E-state index in [4.69, 9.17) is 25.8 Å². The normalized spacial score (nSPS) is 23.5. The average Bonchev–Trinajstić information content (AvgIpc) is 3.42. The summed E-state index contributed by atoms with van der Waals surface area (Å²) in [6, 6.07) is 18.3. The molecule has 1 aromatic heterocycles. The molecule has 5 unspecified atom stereocenters. The molecular weight excluding hydrogens is 672 g/mol. The quantitative estimate of drug-likeness (QED) is 0.148. The molecule has 0 bridgehead atoms. The van der Waals surface area contributed by atoms with E-state index in [9.17, 15) is 14.7 Å². The molecule has 14 heteroatoms. The number of anilines is 2. The molecule has 2 aliphatic rings. The van der Waals surface area contributed by atoms with Gasteiger partial charge in [0.2, 0.25) is 5.91 Å². The Hall–Kier alpha value is -4.85. The van der Waals surface area contributed by atoms with E-state index in [1.807, 2.05) is 13.8 Å². The first kappa shape index (κ1) is 34.0. The van der Waals surface area contributed by atoms with Gasteiger partial charge in [0.15, 0.2) is 16.4 Å². The van der Waals surface area contributed by atoms with Gasteiger partial charge in [-0.2, -0.15) is 12.3 Å². The number of pyridine rings is 1. The Morgan fingerprint density at radius 1 is 0.980 bits per heavy atom. The van der Waals surface area contributed by atoms with Crippen LogP contribution in [0.5, 0.6) is 17.2 Å². The number of carboxylic acid groups (broad SMARTS) is 1. The lowest BCUT2D eigenvalue weighted by molar-refractivity contribution is -0.792. The molecular formula is C35H35ClN4O8S. The second-order valence-electron chi connectivity index (χ2n) is 12.0. The summed E-state index contributed by atoms with van der Waals surface area (Å²) in [7, 11) is -2.40.